The lowest BCUT2D eigenvalue weighted by Gasteiger charge is -2.25. The largest absolute Gasteiger partial charge is 0.507 e. The summed E-state index contributed by atoms with van der Waals surface area (Å²) in [6, 6.07) is 13.6. The maximum absolute atomic E-state index is 13.0. The van der Waals surface area contributed by atoms with Gasteiger partial charge in [-0.15, -0.1) is 0 Å². The van der Waals surface area contributed by atoms with Crippen LogP contribution in [-0.4, -0.2) is 42.5 Å². The molecule has 1 aliphatic rings. The predicted molar refractivity (Wildman–Crippen MR) is 115 cm³/mol. The number of aliphatic hydroxyl groups is 1. The van der Waals surface area contributed by atoms with Crippen LogP contribution >= 0.6 is 0 Å². The molecule has 6 nitrogen and oxygen atoms in total. The number of benzene rings is 2. The highest BCUT2D eigenvalue weighted by Crippen LogP contribution is 2.41. The summed E-state index contributed by atoms with van der Waals surface area (Å²) in [5, 5.41) is 11.2. The number of hydrogen-bond donors (Lipinski definition) is 1. The number of aliphatic hydroxyl groups excluding tert-OH is 1. The molecule has 2 aromatic carbocycles. The maximum Gasteiger partial charge on any atom is 0.295 e. The van der Waals surface area contributed by atoms with Crippen LogP contribution in [0.25, 0.3) is 5.76 Å². The number of amides is 1. The zero-order valence-electron chi connectivity index (χ0n) is 17.6. The quantitative estimate of drug-likeness (QED) is 0.304. The number of ether oxygens (including phenoxy) is 2. The standard InChI is InChI=1S/C24H27NO5/c1-4-5-9-14-25-21(16-10-7-6-8-11-16)20(23(27)24(25)28)22(26)18-13-12-17(29-2)15-19(18)30-3/h6-8,10-13,15,21,26H,4-5,9,14H2,1-3H3/b22-20-. The third kappa shape index (κ3) is 4.03. The number of hydrogen-bond acceptors (Lipinski definition) is 5. The molecule has 1 unspecified atom stereocenters. The summed E-state index contributed by atoms with van der Waals surface area (Å²) in [4.78, 5) is 27.4. The first-order chi connectivity index (χ1) is 14.5. The van der Waals surface area contributed by atoms with Crippen LogP contribution in [0.1, 0.15) is 43.4 Å². The van der Waals surface area contributed by atoms with Crippen molar-refractivity contribution in [3.8, 4) is 11.5 Å². The van der Waals surface area contributed by atoms with Gasteiger partial charge in [0, 0.05) is 12.6 Å². The lowest BCUT2D eigenvalue weighted by Crippen LogP contribution is -2.30. The zero-order chi connectivity index (χ0) is 21.7. The fourth-order valence-corrected chi connectivity index (χ4v) is 3.76. The fraction of sp³-hybridized carbons (Fsp3) is 0.333. The van der Waals surface area contributed by atoms with Crippen LogP contribution in [0.15, 0.2) is 54.1 Å². The molecule has 30 heavy (non-hydrogen) atoms. The number of methoxy groups -OCH3 is 2. The van der Waals surface area contributed by atoms with Gasteiger partial charge in [0.05, 0.1) is 31.4 Å². The van der Waals surface area contributed by atoms with Gasteiger partial charge in [0.15, 0.2) is 0 Å². The van der Waals surface area contributed by atoms with Gasteiger partial charge in [-0.2, -0.15) is 0 Å². The molecule has 3 rings (SSSR count). The van der Waals surface area contributed by atoms with Crippen LogP contribution in [0.2, 0.25) is 0 Å². The molecule has 1 amide bonds. The van der Waals surface area contributed by atoms with Crippen molar-refractivity contribution in [2.45, 2.75) is 32.2 Å². The predicted octanol–water partition coefficient (Wildman–Crippen LogP) is 4.32. The number of ketones is 1. The number of carbonyl (C=O) groups excluding carboxylic acids is 2. The monoisotopic (exact) mass is 409 g/mol. The van der Waals surface area contributed by atoms with Gasteiger partial charge in [-0.1, -0.05) is 50.1 Å². The van der Waals surface area contributed by atoms with E-state index in [1.54, 1.807) is 23.1 Å². The summed E-state index contributed by atoms with van der Waals surface area (Å²) in [7, 11) is 3.01. The van der Waals surface area contributed by atoms with E-state index in [-0.39, 0.29) is 11.3 Å². The van der Waals surface area contributed by atoms with Crippen molar-refractivity contribution in [1.82, 2.24) is 4.90 Å². The Kier molecular flexibility index (Phi) is 6.77. The molecule has 0 bridgehead atoms. The molecule has 0 aromatic heterocycles. The summed E-state index contributed by atoms with van der Waals surface area (Å²) in [5.41, 5.74) is 1.19. The van der Waals surface area contributed by atoms with E-state index in [4.69, 9.17) is 9.47 Å². The van der Waals surface area contributed by atoms with Gasteiger partial charge in [-0.05, 0) is 24.1 Å². The molecule has 1 saturated heterocycles. The van der Waals surface area contributed by atoms with Crippen LogP contribution in [0.4, 0.5) is 0 Å². The Labute approximate surface area is 176 Å². The van der Waals surface area contributed by atoms with E-state index in [0.717, 1.165) is 24.8 Å². The van der Waals surface area contributed by atoms with E-state index in [0.29, 0.717) is 23.6 Å². The molecule has 1 fully saturated rings. The Hall–Kier alpha value is -3.28. The van der Waals surface area contributed by atoms with Crippen molar-refractivity contribution in [3.63, 3.8) is 0 Å². The highest BCUT2D eigenvalue weighted by atomic mass is 16.5. The summed E-state index contributed by atoms with van der Waals surface area (Å²) in [6.45, 7) is 2.53. The van der Waals surface area contributed by atoms with Crippen LogP contribution in [-0.2, 0) is 9.59 Å². The molecule has 0 saturated carbocycles. The van der Waals surface area contributed by atoms with Gasteiger partial charge in [0.1, 0.15) is 17.3 Å². The van der Waals surface area contributed by atoms with E-state index in [1.165, 1.54) is 14.2 Å². The SMILES string of the molecule is CCCCCN1C(=O)C(=O)/C(=C(\O)c2ccc(OC)cc2OC)C1c1ccccc1. The Morgan fingerprint density at radius 2 is 1.77 bits per heavy atom. The lowest BCUT2D eigenvalue weighted by molar-refractivity contribution is -0.139. The van der Waals surface area contributed by atoms with Crippen molar-refractivity contribution in [3.05, 3.63) is 65.2 Å². The number of nitrogens with zero attached hydrogens (tertiary/aromatic N) is 1. The summed E-state index contributed by atoms with van der Waals surface area (Å²) < 4.78 is 10.6. The molecule has 2 aromatic rings. The first kappa shape index (κ1) is 21.4. The Morgan fingerprint density at radius 3 is 2.40 bits per heavy atom. The van der Waals surface area contributed by atoms with Crippen molar-refractivity contribution >= 4 is 17.4 Å². The van der Waals surface area contributed by atoms with Crippen molar-refractivity contribution in [2.24, 2.45) is 0 Å². The topological polar surface area (TPSA) is 76.1 Å². The van der Waals surface area contributed by atoms with Gasteiger partial charge in [0.25, 0.3) is 11.7 Å². The van der Waals surface area contributed by atoms with Crippen LogP contribution in [0, 0.1) is 0 Å². The molecule has 0 spiro atoms. The first-order valence-electron chi connectivity index (χ1n) is 10.1. The summed E-state index contributed by atoms with van der Waals surface area (Å²) >= 11 is 0. The lowest BCUT2D eigenvalue weighted by atomic mass is 9.95. The Morgan fingerprint density at radius 1 is 1.03 bits per heavy atom. The van der Waals surface area contributed by atoms with Crippen LogP contribution < -0.4 is 9.47 Å². The average molecular weight is 409 g/mol. The number of carbonyl (C=O) groups is 2. The van der Waals surface area contributed by atoms with Gasteiger partial charge in [0.2, 0.25) is 0 Å². The highest BCUT2D eigenvalue weighted by molar-refractivity contribution is 6.46. The molecular formula is C24H27NO5. The summed E-state index contributed by atoms with van der Waals surface area (Å²) in [6.07, 6.45) is 2.75. The number of rotatable bonds is 8. The second-order valence-corrected chi connectivity index (χ2v) is 7.18. The van der Waals surface area contributed by atoms with E-state index < -0.39 is 17.7 Å². The smallest absolute Gasteiger partial charge is 0.295 e. The van der Waals surface area contributed by atoms with Crippen LogP contribution in [0.5, 0.6) is 11.5 Å². The normalized spacial score (nSPS) is 18.0. The molecule has 1 atom stereocenters. The number of unbranched alkanes of at least 4 members (excludes halogenated alkanes) is 2. The van der Waals surface area contributed by atoms with Crippen LogP contribution in [0.3, 0.4) is 0 Å². The average Bonchev–Trinajstić information content (AvgIpc) is 3.04. The van der Waals surface area contributed by atoms with E-state index in [2.05, 4.69) is 6.92 Å². The minimum atomic E-state index is -0.685. The Bertz CT molecular complexity index is 951. The molecule has 6 heteroatoms. The number of Topliss-reactive ketones (excluding diaryl/α,β-unsaturated/α-hetero) is 1. The molecule has 0 radical (unpaired) electrons. The third-order valence-electron chi connectivity index (χ3n) is 5.32. The van der Waals surface area contributed by atoms with Gasteiger partial charge < -0.3 is 19.5 Å². The number of likely N-dealkylation sites (tertiary alicyclic amines) is 1. The highest BCUT2D eigenvalue weighted by Gasteiger charge is 2.45. The Balaban J connectivity index is 2.14. The maximum atomic E-state index is 13.0. The molecule has 158 valence electrons. The second-order valence-electron chi connectivity index (χ2n) is 7.18. The van der Waals surface area contributed by atoms with Crippen molar-refractivity contribution in [1.29, 1.82) is 0 Å². The minimum Gasteiger partial charge on any atom is -0.507 e. The zero-order valence-corrected chi connectivity index (χ0v) is 17.6. The molecular weight excluding hydrogens is 382 g/mol. The molecule has 0 aliphatic carbocycles. The van der Waals surface area contributed by atoms with Crippen molar-refractivity contribution in [2.75, 3.05) is 20.8 Å². The first-order valence-corrected chi connectivity index (χ1v) is 10.1. The third-order valence-corrected chi connectivity index (χ3v) is 5.32. The van der Waals surface area contributed by atoms with E-state index >= 15 is 0 Å². The molecule has 1 N–H and O–H groups in total. The van der Waals surface area contributed by atoms with Gasteiger partial charge in [-0.25, -0.2) is 0 Å². The fourth-order valence-electron chi connectivity index (χ4n) is 3.76. The second kappa shape index (κ2) is 9.48. The minimum absolute atomic E-state index is 0.0752. The van der Waals surface area contributed by atoms with E-state index in [1.807, 2.05) is 30.3 Å². The summed E-state index contributed by atoms with van der Waals surface area (Å²) in [5.74, 6) is -0.608. The van der Waals surface area contributed by atoms with Gasteiger partial charge in [-0.3, -0.25) is 9.59 Å². The van der Waals surface area contributed by atoms with E-state index in [9.17, 15) is 14.7 Å². The van der Waals surface area contributed by atoms with Gasteiger partial charge >= 0.3 is 0 Å². The molecule has 1 heterocycles. The molecule has 1 aliphatic heterocycles. The van der Waals surface area contributed by atoms with Crippen molar-refractivity contribution < 1.29 is 24.2 Å².